The molecule has 0 aromatic heterocycles. The first-order valence-corrected chi connectivity index (χ1v) is 3.34. The standard InChI is InChI=1S/2H4N2.3O.Ti/c2*1-2;;;;/h2*1-2H2;;;;/q;;;2*-1;/p+2. The molecule has 8 heavy (non-hydrogen) atoms. The van der Waals surface area contributed by atoms with E-state index in [0.717, 1.165) is 0 Å². The first kappa shape index (κ1) is 15.7. The van der Waals surface area contributed by atoms with Crippen LogP contribution >= 0.6 is 0 Å². The molecule has 0 fully saturated rings. The average molecular weight is 162 g/mol. The Labute approximate surface area is 53.3 Å². The van der Waals surface area contributed by atoms with Crippen LogP contribution in [-0.2, 0) is 21.9 Å². The minimum atomic E-state index is -4.08. The molecule has 0 unspecified atom stereocenters. The molecule has 52 valence electrons. The van der Waals surface area contributed by atoms with Crippen LogP contribution in [0.25, 0.3) is 0 Å². The molecule has 0 bridgehead atoms. The molecule has 0 saturated carbocycles. The second kappa shape index (κ2) is 26.7. The van der Waals surface area contributed by atoms with Crippen molar-refractivity contribution in [3.05, 3.63) is 0 Å². The molecule has 0 amide bonds. The second-order valence-electron chi connectivity index (χ2n) is 0.250. The van der Waals surface area contributed by atoms with Crippen molar-refractivity contribution in [3.8, 4) is 0 Å². The fourth-order valence-corrected chi connectivity index (χ4v) is 0. The second-order valence-corrected chi connectivity index (χ2v) is 1.03. The Hall–Kier alpha value is 0.274. The van der Waals surface area contributed by atoms with E-state index in [2.05, 4.69) is 23.4 Å². The van der Waals surface area contributed by atoms with Gasteiger partial charge < -0.3 is 0 Å². The molecule has 10 N–H and O–H groups in total. The molecule has 0 atom stereocenters. The van der Waals surface area contributed by atoms with Gasteiger partial charge in [0.25, 0.3) is 0 Å². The molecular formula is H10N4O3Ti. The molecule has 0 radical (unpaired) electrons. The van der Waals surface area contributed by atoms with Gasteiger partial charge in [-0.25, -0.2) is 0 Å². The minimum absolute atomic E-state index is 2.75. The van der Waals surface area contributed by atoms with Crippen LogP contribution in [0.4, 0.5) is 0 Å². The zero-order valence-electron chi connectivity index (χ0n) is 4.29. The maximum absolute atomic E-state index is 8.58. The van der Waals surface area contributed by atoms with Crippen LogP contribution in [0.2, 0.25) is 0 Å². The molecule has 0 aliphatic carbocycles. The van der Waals surface area contributed by atoms with Gasteiger partial charge in [-0.2, -0.15) is 11.7 Å². The summed E-state index contributed by atoms with van der Waals surface area (Å²) in [6.07, 6.45) is 0. The maximum atomic E-state index is 8.58. The number of hydrogen-bond acceptors (Lipinski definition) is 5. The van der Waals surface area contributed by atoms with E-state index in [4.69, 9.17) is 10.7 Å². The summed E-state index contributed by atoms with van der Waals surface area (Å²) >= 11 is -4.08. The van der Waals surface area contributed by atoms with Gasteiger partial charge in [-0.05, 0) is 0 Å². The Kier molecular flexibility index (Phi) is 52.6. The van der Waals surface area contributed by atoms with Crippen molar-refractivity contribution in [2.24, 2.45) is 11.7 Å². The summed E-state index contributed by atoms with van der Waals surface area (Å²) in [5.41, 5.74) is 0. The first-order chi connectivity index (χ1) is 3.73. The van der Waals surface area contributed by atoms with E-state index in [-0.39, 0.29) is 0 Å². The van der Waals surface area contributed by atoms with E-state index < -0.39 is 18.6 Å². The summed E-state index contributed by atoms with van der Waals surface area (Å²) in [5, 5.41) is 0. The molecule has 0 aliphatic heterocycles. The van der Waals surface area contributed by atoms with Crippen molar-refractivity contribution < 1.29 is 41.0 Å². The van der Waals surface area contributed by atoms with Gasteiger partial charge in [-0.3, -0.25) is 11.7 Å². The first-order valence-electron chi connectivity index (χ1n) is 1.43. The van der Waals surface area contributed by atoms with Gasteiger partial charge in [-0.1, -0.05) is 0 Å². The Morgan fingerprint density at radius 1 is 1.12 bits per heavy atom. The van der Waals surface area contributed by atoms with Crippen LogP contribution in [0, 0.1) is 0 Å². The predicted octanol–water partition coefficient (Wildman–Crippen LogP) is -6.30. The molecule has 0 aromatic carbocycles. The van der Waals surface area contributed by atoms with Crippen molar-refractivity contribution in [1.29, 1.82) is 0 Å². The summed E-state index contributed by atoms with van der Waals surface area (Å²) in [7, 11) is 0. The van der Waals surface area contributed by atoms with Gasteiger partial charge in [0.05, 0.1) is 0 Å². The van der Waals surface area contributed by atoms with Crippen molar-refractivity contribution in [3.63, 3.8) is 0 Å². The average Bonchev–Trinajstić information content (AvgIpc) is 1.75. The monoisotopic (exact) mass is 162 g/mol. The zero-order chi connectivity index (χ0) is 7.58. The van der Waals surface area contributed by atoms with Crippen molar-refractivity contribution in [1.82, 2.24) is 0 Å². The summed E-state index contributed by atoms with van der Waals surface area (Å²) < 4.78 is 25.8. The van der Waals surface area contributed by atoms with Gasteiger partial charge in [-0.15, -0.1) is 0 Å². The number of quaternary nitrogens is 2. The fraction of sp³-hybridized carbons (Fsp3) is 0. The van der Waals surface area contributed by atoms with Crippen LogP contribution < -0.4 is 30.7 Å². The Morgan fingerprint density at radius 3 is 1.12 bits per heavy atom. The van der Waals surface area contributed by atoms with Gasteiger partial charge in [0.2, 0.25) is 0 Å². The summed E-state index contributed by atoms with van der Waals surface area (Å²) in [4.78, 5) is 0. The Bertz CT molecular complexity index is 34.3. The zero-order valence-corrected chi connectivity index (χ0v) is 5.86. The molecule has 0 rings (SSSR count). The Morgan fingerprint density at radius 2 is 1.12 bits per heavy atom. The topological polar surface area (TPSA) is 171 Å². The molecule has 0 heterocycles. The number of rotatable bonds is 0. The number of nitrogens with two attached hydrogens (primary N) is 2. The van der Waals surface area contributed by atoms with Crippen molar-refractivity contribution in [2.45, 2.75) is 0 Å². The normalized spacial score (nSPS) is 4.75. The molecule has 0 spiro atoms. The van der Waals surface area contributed by atoms with Crippen LogP contribution in [0.5, 0.6) is 0 Å². The van der Waals surface area contributed by atoms with E-state index in [1.54, 1.807) is 0 Å². The van der Waals surface area contributed by atoms with E-state index >= 15 is 0 Å². The third kappa shape index (κ3) is 2320. The van der Waals surface area contributed by atoms with E-state index in [0.29, 0.717) is 0 Å². The summed E-state index contributed by atoms with van der Waals surface area (Å²) in [6, 6.07) is 0. The fourth-order valence-electron chi connectivity index (χ4n) is 0. The van der Waals surface area contributed by atoms with E-state index in [1.807, 2.05) is 0 Å². The number of hydrogen-bond donors (Lipinski definition) is 4. The third-order valence-corrected chi connectivity index (χ3v) is 0. The SMILES string of the molecule is N[NH3+].N[NH3+].[O]=[Ti]([O-])[O-]. The quantitative estimate of drug-likeness (QED) is 0.157. The van der Waals surface area contributed by atoms with Gasteiger partial charge in [0.15, 0.2) is 0 Å². The van der Waals surface area contributed by atoms with Gasteiger partial charge in [0.1, 0.15) is 0 Å². The van der Waals surface area contributed by atoms with Crippen molar-refractivity contribution >= 4 is 0 Å². The van der Waals surface area contributed by atoms with Crippen LogP contribution in [0.15, 0.2) is 0 Å². The van der Waals surface area contributed by atoms with Gasteiger partial charge >= 0.3 is 29.3 Å². The molecule has 7 nitrogen and oxygen atoms in total. The van der Waals surface area contributed by atoms with Crippen LogP contribution in [0.1, 0.15) is 0 Å². The predicted molar refractivity (Wildman–Crippen MR) is 14.8 cm³/mol. The third-order valence-electron chi connectivity index (χ3n) is 0. The molecular weight excluding hydrogens is 152 g/mol. The van der Waals surface area contributed by atoms with Gasteiger partial charge in [0, 0.05) is 0 Å². The molecule has 0 aromatic rings. The summed E-state index contributed by atoms with van der Waals surface area (Å²) in [5.74, 6) is 14.0. The Balaban J connectivity index is -0.0000000542. The molecule has 0 aliphatic rings. The molecule has 8 heteroatoms. The molecule has 0 saturated heterocycles. The van der Waals surface area contributed by atoms with Crippen LogP contribution in [-0.4, -0.2) is 0 Å². The van der Waals surface area contributed by atoms with E-state index in [1.165, 1.54) is 0 Å². The summed E-state index contributed by atoms with van der Waals surface area (Å²) in [6.45, 7) is 0. The van der Waals surface area contributed by atoms with Crippen molar-refractivity contribution in [2.75, 3.05) is 0 Å². The van der Waals surface area contributed by atoms with E-state index in [9.17, 15) is 0 Å². The van der Waals surface area contributed by atoms with Crippen LogP contribution in [0.3, 0.4) is 0 Å².